The molecule has 1 heterocycles. The van der Waals surface area contributed by atoms with Gasteiger partial charge in [0.25, 0.3) is 0 Å². The van der Waals surface area contributed by atoms with Gasteiger partial charge < -0.3 is 10.5 Å². The maximum absolute atomic E-state index is 10.9. The SMILES string of the molecule is CCOC(=O)CC#Cc1cc(N)ccn1. The quantitative estimate of drug-likeness (QED) is 0.575. The molecule has 1 rings (SSSR count). The summed E-state index contributed by atoms with van der Waals surface area (Å²) in [5.74, 6) is 5.08. The molecular formula is C11H12N2O2. The number of aromatic nitrogens is 1. The van der Waals surface area contributed by atoms with Crippen LogP contribution in [0.4, 0.5) is 5.69 Å². The second-order valence-corrected chi connectivity index (χ2v) is 2.76. The fraction of sp³-hybridized carbons (Fsp3) is 0.273. The van der Waals surface area contributed by atoms with E-state index in [0.29, 0.717) is 18.0 Å². The highest BCUT2D eigenvalue weighted by atomic mass is 16.5. The van der Waals surface area contributed by atoms with Gasteiger partial charge in [0.05, 0.1) is 6.61 Å². The van der Waals surface area contributed by atoms with Crippen molar-refractivity contribution < 1.29 is 9.53 Å². The van der Waals surface area contributed by atoms with E-state index in [1.165, 1.54) is 0 Å². The Morgan fingerprint density at radius 1 is 1.67 bits per heavy atom. The van der Waals surface area contributed by atoms with Crippen molar-refractivity contribution in [1.82, 2.24) is 4.98 Å². The predicted molar refractivity (Wildman–Crippen MR) is 56.8 cm³/mol. The molecular weight excluding hydrogens is 192 g/mol. The lowest BCUT2D eigenvalue weighted by Gasteiger charge is -1.95. The molecule has 4 nitrogen and oxygen atoms in total. The van der Waals surface area contributed by atoms with Crippen LogP contribution in [0.25, 0.3) is 0 Å². The van der Waals surface area contributed by atoms with E-state index in [2.05, 4.69) is 16.8 Å². The van der Waals surface area contributed by atoms with E-state index >= 15 is 0 Å². The molecule has 0 aromatic carbocycles. The summed E-state index contributed by atoms with van der Waals surface area (Å²) in [4.78, 5) is 14.9. The van der Waals surface area contributed by atoms with Gasteiger partial charge in [0.1, 0.15) is 12.1 Å². The molecule has 0 fully saturated rings. The zero-order valence-electron chi connectivity index (χ0n) is 8.49. The molecule has 0 bridgehead atoms. The second-order valence-electron chi connectivity index (χ2n) is 2.76. The lowest BCUT2D eigenvalue weighted by molar-refractivity contribution is -0.141. The number of pyridine rings is 1. The summed E-state index contributed by atoms with van der Waals surface area (Å²) < 4.78 is 4.72. The van der Waals surface area contributed by atoms with E-state index in [9.17, 15) is 4.79 Å². The first-order valence-electron chi connectivity index (χ1n) is 4.58. The Bertz CT molecular complexity index is 405. The zero-order valence-corrected chi connectivity index (χ0v) is 8.49. The monoisotopic (exact) mass is 204 g/mol. The summed E-state index contributed by atoms with van der Waals surface area (Å²) in [6, 6.07) is 3.33. The molecule has 0 unspecified atom stereocenters. The van der Waals surface area contributed by atoms with E-state index in [4.69, 9.17) is 10.5 Å². The van der Waals surface area contributed by atoms with E-state index in [0.717, 1.165) is 0 Å². The lowest BCUT2D eigenvalue weighted by Crippen LogP contribution is -2.01. The number of ether oxygens (including phenoxy) is 1. The van der Waals surface area contributed by atoms with Gasteiger partial charge in [-0.1, -0.05) is 5.92 Å². The highest BCUT2D eigenvalue weighted by molar-refractivity contribution is 5.72. The normalized spacial score (nSPS) is 8.87. The molecule has 0 atom stereocenters. The summed E-state index contributed by atoms with van der Waals surface area (Å²) in [5, 5.41) is 0. The summed E-state index contributed by atoms with van der Waals surface area (Å²) in [6.07, 6.45) is 1.65. The van der Waals surface area contributed by atoms with E-state index in [-0.39, 0.29) is 12.4 Å². The third kappa shape index (κ3) is 4.14. The molecule has 0 aliphatic heterocycles. The zero-order chi connectivity index (χ0) is 11.1. The van der Waals surface area contributed by atoms with Crippen molar-refractivity contribution >= 4 is 11.7 Å². The first kappa shape index (κ1) is 11.1. The van der Waals surface area contributed by atoms with E-state index in [1.54, 1.807) is 25.3 Å². The highest BCUT2D eigenvalue weighted by Gasteiger charge is 1.96. The second kappa shape index (κ2) is 5.66. The lowest BCUT2D eigenvalue weighted by atomic mass is 10.3. The molecule has 0 amide bonds. The van der Waals surface area contributed by atoms with Crippen molar-refractivity contribution in [2.45, 2.75) is 13.3 Å². The number of carbonyl (C=O) groups excluding carboxylic acids is 1. The van der Waals surface area contributed by atoms with Gasteiger partial charge in [-0.25, -0.2) is 4.98 Å². The maximum atomic E-state index is 10.9. The van der Waals surface area contributed by atoms with Crippen molar-refractivity contribution in [2.75, 3.05) is 12.3 Å². The van der Waals surface area contributed by atoms with Gasteiger partial charge in [0.15, 0.2) is 0 Å². The molecule has 1 aromatic heterocycles. The van der Waals surface area contributed by atoms with Crippen LogP contribution in [0.2, 0.25) is 0 Å². The van der Waals surface area contributed by atoms with Crippen molar-refractivity contribution in [1.29, 1.82) is 0 Å². The summed E-state index contributed by atoms with van der Waals surface area (Å²) >= 11 is 0. The van der Waals surface area contributed by atoms with Gasteiger partial charge in [-0.05, 0) is 25.0 Å². The Morgan fingerprint density at radius 3 is 3.13 bits per heavy atom. The van der Waals surface area contributed by atoms with Crippen LogP contribution in [0, 0.1) is 11.8 Å². The van der Waals surface area contributed by atoms with Gasteiger partial charge in [-0.15, -0.1) is 0 Å². The Labute approximate surface area is 88.5 Å². The smallest absolute Gasteiger partial charge is 0.317 e. The molecule has 2 N–H and O–H groups in total. The molecule has 0 aliphatic rings. The third-order valence-corrected chi connectivity index (χ3v) is 1.54. The minimum Gasteiger partial charge on any atom is -0.465 e. The number of nitrogens with zero attached hydrogens (tertiary/aromatic N) is 1. The number of anilines is 1. The fourth-order valence-electron chi connectivity index (χ4n) is 0.934. The Balaban J connectivity index is 2.55. The number of esters is 1. The van der Waals surface area contributed by atoms with Crippen molar-refractivity contribution in [2.24, 2.45) is 0 Å². The average molecular weight is 204 g/mol. The molecule has 0 spiro atoms. The van der Waals surface area contributed by atoms with Gasteiger partial charge in [0, 0.05) is 11.9 Å². The first-order chi connectivity index (χ1) is 7.22. The van der Waals surface area contributed by atoms with Crippen LogP contribution >= 0.6 is 0 Å². The molecule has 4 heteroatoms. The third-order valence-electron chi connectivity index (χ3n) is 1.54. The van der Waals surface area contributed by atoms with E-state index < -0.39 is 0 Å². The summed E-state index contributed by atoms with van der Waals surface area (Å²) in [6.45, 7) is 2.13. The maximum Gasteiger partial charge on any atom is 0.317 e. The molecule has 0 radical (unpaired) electrons. The standard InChI is InChI=1S/C11H12N2O2/c1-2-15-11(14)5-3-4-10-8-9(12)6-7-13-10/h6-8H,2,5H2,1H3,(H2,12,13). The number of rotatable bonds is 2. The molecule has 15 heavy (non-hydrogen) atoms. The minimum absolute atomic E-state index is 0.0737. The number of carbonyl (C=O) groups is 1. The van der Waals surface area contributed by atoms with Crippen LogP contribution in [-0.2, 0) is 9.53 Å². The van der Waals surface area contributed by atoms with Gasteiger partial charge in [0.2, 0.25) is 0 Å². The van der Waals surface area contributed by atoms with Crippen LogP contribution in [0.5, 0.6) is 0 Å². The molecule has 0 saturated carbocycles. The van der Waals surface area contributed by atoms with Gasteiger partial charge >= 0.3 is 5.97 Å². The van der Waals surface area contributed by atoms with Crippen LogP contribution in [0.3, 0.4) is 0 Å². The Hall–Kier alpha value is -2.02. The number of hydrogen-bond donors (Lipinski definition) is 1. The van der Waals surface area contributed by atoms with Crippen molar-refractivity contribution in [3.63, 3.8) is 0 Å². The van der Waals surface area contributed by atoms with Gasteiger partial charge in [-0.2, -0.15) is 0 Å². The number of nitrogen functional groups attached to an aromatic ring is 1. The molecule has 1 aromatic rings. The minimum atomic E-state index is -0.325. The topological polar surface area (TPSA) is 65.2 Å². The molecule has 0 saturated heterocycles. The fourth-order valence-corrected chi connectivity index (χ4v) is 0.934. The highest BCUT2D eigenvalue weighted by Crippen LogP contribution is 2.00. The van der Waals surface area contributed by atoms with Gasteiger partial charge in [-0.3, -0.25) is 4.79 Å². The van der Waals surface area contributed by atoms with Crippen LogP contribution in [0.15, 0.2) is 18.3 Å². The van der Waals surface area contributed by atoms with Crippen LogP contribution in [-0.4, -0.2) is 17.6 Å². The largest absolute Gasteiger partial charge is 0.465 e. The molecule has 78 valence electrons. The van der Waals surface area contributed by atoms with Crippen molar-refractivity contribution in [3.05, 3.63) is 24.0 Å². The molecule has 0 aliphatic carbocycles. The Morgan fingerprint density at radius 2 is 2.47 bits per heavy atom. The van der Waals surface area contributed by atoms with Crippen molar-refractivity contribution in [3.8, 4) is 11.8 Å². The number of hydrogen-bond acceptors (Lipinski definition) is 4. The number of nitrogens with two attached hydrogens (primary N) is 1. The summed E-state index contributed by atoms with van der Waals surface area (Å²) in [7, 11) is 0. The predicted octanol–water partition coefficient (Wildman–Crippen LogP) is 0.968. The van der Waals surface area contributed by atoms with Crippen LogP contribution < -0.4 is 5.73 Å². The van der Waals surface area contributed by atoms with Crippen LogP contribution in [0.1, 0.15) is 19.0 Å². The Kier molecular flexibility index (Phi) is 4.17. The van der Waals surface area contributed by atoms with E-state index in [1.807, 2.05) is 0 Å². The summed E-state index contributed by atoms with van der Waals surface area (Å²) in [5.41, 5.74) is 6.70. The first-order valence-corrected chi connectivity index (χ1v) is 4.58. The average Bonchev–Trinajstić information content (AvgIpc) is 2.18.